The van der Waals surface area contributed by atoms with Crippen molar-refractivity contribution in [3.63, 3.8) is 0 Å². The quantitative estimate of drug-likeness (QED) is 0.606. The zero-order valence-electron chi connectivity index (χ0n) is 7.31. The highest BCUT2D eigenvalue weighted by atomic mass is 79.9. The van der Waals surface area contributed by atoms with Crippen LogP contribution in [0.1, 0.15) is 5.56 Å². The summed E-state index contributed by atoms with van der Waals surface area (Å²) in [5.74, 6) is -2.45. The van der Waals surface area contributed by atoms with Gasteiger partial charge in [-0.05, 0) is 27.6 Å². The summed E-state index contributed by atoms with van der Waals surface area (Å²) in [6.07, 6.45) is -0.0890. The van der Waals surface area contributed by atoms with Crippen molar-refractivity contribution in [1.29, 1.82) is 0 Å². The van der Waals surface area contributed by atoms with Gasteiger partial charge in [0.05, 0.1) is 18.0 Å². The highest BCUT2D eigenvalue weighted by Gasteiger charge is 2.13. The molecule has 1 aromatic carbocycles. The number of hydrogen-bond acceptors (Lipinski definition) is 2. The van der Waals surface area contributed by atoms with Crippen LogP contribution in [-0.2, 0) is 16.0 Å². The first-order valence-electron chi connectivity index (χ1n) is 3.75. The molecule has 0 heterocycles. The van der Waals surface area contributed by atoms with E-state index in [9.17, 15) is 13.6 Å². The number of carbonyl (C=O) groups excluding carboxylic acids is 1. The summed E-state index contributed by atoms with van der Waals surface area (Å²) in [5.41, 5.74) is 0.357. The van der Waals surface area contributed by atoms with Crippen LogP contribution in [0.5, 0.6) is 0 Å². The lowest BCUT2D eigenvalue weighted by Gasteiger charge is -2.04. The zero-order chi connectivity index (χ0) is 10.7. The van der Waals surface area contributed by atoms with Gasteiger partial charge in [-0.25, -0.2) is 8.78 Å². The van der Waals surface area contributed by atoms with Gasteiger partial charge in [-0.3, -0.25) is 4.79 Å². The molecule has 1 aromatic rings. The fourth-order valence-electron chi connectivity index (χ4n) is 0.930. The highest BCUT2D eigenvalue weighted by molar-refractivity contribution is 9.10. The van der Waals surface area contributed by atoms with Crippen molar-refractivity contribution in [1.82, 2.24) is 0 Å². The van der Waals surface area contributed by atoms with E-state index in [1.807, 2.05) is 0 Å². The fourth-order valence-corrected chi connectivity index (χ4v) is 1.39. The van der Waals surface area contributed by atoms with Crippen LogP contribution in [0.2, 0.25) is 0 Å². The number of benzene rings is 1. The maximum Gasteiger partial charge on any atom is 0.310 e. The van der Waals surface area contributed by atoms with Gasteiger partial charge in [0.1, 0.15) is 0 Å². The van der Waals surface area contributed by atoms with E-state index in [1.165, 1.54) is 13.2 Å². The van der Waals surface area contributed by atoms with E-state index in [-0.39, 0.29) is 10.9 Å². The number of hydrogen-bond donors (Lipinski definition) is 0. The van der Waals surface area contributed by atoms with Crippen molar-refractivity contribution in [2.45, 2.75) is 6.42 Å². The van der Waals surface area contributed by atoms with E-state index in [0.717, 1.165) is 6.07 Å². The molecule has 0 amide bonds. The van der Waals surface area contributed by atoms with Crippen molar-refractivity contribution in [2.75, 3.05) is 7.11 Å². The van der Waals surface area contributed by atoms with Gasteiger partial charge in [-0.1, -0.05) is 6.07 Å². The molecule has 76 valence electrons. The van der Waals surface area contributed by atoms with Gasteiger partial charge in [0, 0.05) is 0 Å². The molecular formula is C9H7BrF2O2. The minimum absolute atomic E-state index is 0.0390. The Kier molecular flexibility index (Phi) is 3.57. The standard InChI is InChI=1S/C9H7BrF2O2/c1-14-7(13)4-5-2-3-6(11)9(12)8(5)10/h2-3H,4H2,1H3. The van der Waals surface area contributed by atoms with Crippen LogP contribution in [0, 0.1) is 11.6 Å². The molecule has 0 aliphatic rings. The largest absolute Gasteiger partial charge is 0.469 e. The molecule has 0 aromatic heterocycles. The first-order valence-corrected chi connectivity index (χ1v) is 4.54. The second-order valence-electron chi connectivity index (χ2n) is 2.59. The SMILES string of the molecule is COC(=O)Cc1ccc(F)c(F)c1Br. The molecule has 0 spiro atoms. The summed E-state index contributed by atoms with van der Waals surface area (Å²) >= 11 is 2.87. The Morgan fingerprint density at radius 1 is 1.50 bits per heavy atom. The number of esters is 1. The number of halogens is 3. The summed E-state index contributed by atoms with van der Waals surface area (Å²) in [7, 11) is 1.23. The number of rotatable bonds is 2. The smallest absolute Gasteiger partial charge is 0.310 e. The lowest BCUT2D eigenvalue weighted by Crippen LogP contribution is -2.06. The van der Waals surface area contributed by atoms with Crippen LogP contribution >= 0.6 is 15.9 Å². The Morgan fingerprint density at radius 2 is 2.14 bits per heavy atom. The normalized spacial score (nSPS) is 10.0. The van der Waals surface area contributed by atoms with Crippen molar-refractivity contribution in [3.05, 3.63) is 33.8 Å². The van der Waals surface area contributed by atoms with Crippen molar-refractivity contribution >= 4 is 21.9 Å². The van der Waals surface area contributed by atoms with Crippen molar-refractivity contribution in [2.24, 2.45) is 0 Å². The highest BCUT2D eigenvalue weighted by Crippen LogP contribution is 2.23. The molecule has 0 saturated carbocycles. The van der Waals surface area contributed by atoms with Gasteiger partial charge in [-0.15, -0.1) is 0 Å². The Labute approximate surface area is 88.0 Å². The van der Waals surface area contributed by atoms with Gasteiger partial charge in [0.15, 0.2) is 11.6 Å². The Balaban J connectivity index is 3.00. The van der Waals surface area contributed by atoms with Gasteiger partial charge in [-0.2, -0.15) is 0 Å². The molecule has 0 aliphatic carbocycles. The number of methoxy groups -OCH3 is 1. The van der Waals surface area contributed by atoms with E-state index in [1.54, 1.807) is 0 Å². The summed E-state index contributed by atoms with van der Waals surface area (Å²) < 4.78 is 30.0. The van der Waals surface area contributed by atoms with E-state index in [4.69, 9.17) is 0 Å². The molecule has 0 atom stereocenters. The number of carbonyl (C=O) groups is 1. The lowest BCUT2D eigenvalue weighted by molar-refractivity contribution is -0.139. The van der Waals surface area contributed by atoms with Crippen LogP contribution in [0.15, 0.2) is 16.6 Å². The first-order chi connectivity index (χ1) is 6.56. The third kappa shape index (κ3) is 2.29. The summed E-state index contributed by atoms with van der Waals surface area (Å²) in [4.78, 5) is 10.9. The molecule has 0 radical (unpaired) electrons. The Hall–Kier alpha value is -0.970. The molecule has 0 aliphatic heterocycles. The van der Waals surface area contributed by atoms with E-state index < -0.39 is 17.6 Å². The third-order valence-corrected chi connectivity index (χ3v) is 2.54. The Bertz CT molecular complexity index is 366. The first kappa shape index (κ1) is 11.1. The monoisotopic (exact) mass is 264 g/mol. The molecule has 0 saturated heterocycles. The van der Waals surface area contributed by atoms with Gasteiger partial charge in [0.25, 0.3) is 0 Å². The summed E-state index contributed by atoms with van der Waals surface area (Å²) in [5, 5.41) is 0. The van der Waals surface area contributed by atoms with E-state index in [2.05, 4.69) is 20.7 Å². The summed E-state index contributed by atoms with van der Waals surface area (Å²) in [6, 6.07) is 2.30. The molecule has 0 bridgehead atoms. The second kappa shape index (κ2) is 4.50. The predicted molar refractivity (Wildman–Crippen MR) is 49.8 cm³/mol. The molecule has 2 nitrogen and oxygen atoms in total. The maximum atomic E-state index is 13.0. The molecule has 14 heavy (non-hydrogen) atoms. The Morgan fingerprint density at radius 3 is 2.71 bits per heavy atom. The van der Waals surface area contributed by atoms with Crippen LogP contribution < -0.4 is 0 Å². The number of ether oxygens (including phenoxy) is 1. The van der Waals surface area contributed by atoms with E-state index in [0.29, 0.717) is 5.56 Å². The lowest BCUT2D eigenvalue weighted by atomic mass is 10.1. The third-order valence-electron chi connectivity index (χ3n) is 1.68. The second-order valence-corrected chi connectivity index (χ2v) is 3.38. The molecule has 0 fully saturated rings. The fraction of sp³-hybridized carbons (Fsp3) is 0.222. The zero-order valence-corrected chi connectivity index (χ0v) is 8.90. The van der Waals surface area contributed by atoms with Crippen LogP contribution in [0.3, 0.4) is 0 Å². The van der Waals surface area contributed by atoms with Crippen molar-refractivity contribution in [3.8, 4) is 0 Å². The maximum absolute atomic E-state index is 13.0. The molecular weight excluding hydrogens is 258 g/mol. The molecule has 0 unspecified atom stereocenters. The molecule has 1 rings (SSSR count). The van der Waals surface area contributed by atoms with Crippen LogP contribution in [0.4, 0.5) is 8.78 Å². The molecule has 5 heteroatoms. The van der Waals surface area contributed by atoms with Gasteiger partial charge >= 0.3 is 5.97 Å². The average Bonchev–Trinajstić information content (AvgIpc) is 2.19. The predicted octanol–water partition coefficient (Wildman–Crippen LogP) is 2.44. The average molecular weight is 265 g/mol. The van der Waals surface area contributed by atoms with E-state index >= 15 is 0 Å². The van der Waals surface area contributed by atoms with Crippen LogP contribution in [-0.4, -0.2) is 13.1 Å². The van der Waals surface area contributed by atoms with Gasteiger partial charge < -0.3 is 4.74 Å². The minimum atomic E-state index is -0.994. The topological polar surface area (TPSA) is 26.3 Å². The summed E-state index contributed by atoms with van der Waals surface area (Å²) in [6.45, 7) is 0. The molecule has 0 N–H and O–H groups in total. The van der Waals surface area contributed by atoms with Crippen molar-refractivity contribution < 1.29 is 18.3 Å². The van der Waals surface area contributed by atoms with Crippen LogP contribution in [0.25, 0.3) is 0 Å². The van der Waals surface area contributed by atoms with Gasteiger partial charge in [0.2, 0.25) is 0 Å². The minimum Gasteiger partial charge on any atom is -0.469 e.